The van der Waals surface area contributed by atoms with E-state index in [0.717, 1.165) is 15.6 Å². The lowest BCUT2D eigenvalue weighted by molar-refractivity contribution is -0.148. The summed E-state index contributed by atoms with van der Waals surface area (Å²) in [5, 5.41) is 6.91. The summed E-state index contributed by atoms with van der Waals surface area (Å²) in [5.74, 6) is 0. The topological polar surface area (TPSA) is 92.4 Å². The zero-order valence-electron chi connectivity index (χ0n) is 10.2. The van der Waals surface area contributed by atoms with Crippen LogP contribution in [0.1, 0.15) is 0 Å². The summed E-state index contributed by atoms with van der Waals surface area (Å²) in [6, 6.07) is 0. The van der Waals surface area contributed by atoms with Crippen molar-refractivity contribution in [2.24, 2.45) is 0 Å². The molecule has 0 aliphatic carbocycles. The minimum absolute atomic E-state index is 0.0160. The number of nitrogen functional groups attached to an aromatic ring is 1. The molecule has 0 radical (unpaired) electrons. The molecule has 0 aromatic carbocycles. The molecule has 1 aromatic heterocycles. The number of nitrogens with zero attached hydrogens (tertiary/aromatic N) is 4. The minimum Gasteiger partial charge on any atom is -0.374 e. The number of halogens is 3. The molecular formula is C8H12F3N5O2S2. The van der Waals surface area contributed by atoms with E-state index >= 15 is 0 Å². The highest BCUT2D eigenvalue weighted by atomic mass is 32.2. The second-order valence-corrected chi connectivity index (χ2v) is 7.32. The molecule has 0 unspecified atom stereocenters. The van der Waals surface area contributed by atoms with Crippen LogP contribution in [0.2, 0.25) is 0 Å². The molecule has 1 aliphatic rings. The zero-order valence-corrected chi connectivity index (χ0v) is 11.8. The fourth-order valence-electron chi connectivity index (χ4n) is 1.82. The van der Waals surface area contributed by atoms with Gasteiger partial charge in [0.1, 0.15) is 0 Å². The van der Waals surface area contributed by atoms with Gasteiger partial charge in [-0.3, -0.25) is 4.90 Å². The summed E-state index contributed by atoms with van der Waals surface area (Å²) in [4.78, 5) is 1.17. The molecule has 7 nitrogen and oxygen atoms in total. The SMILES string of the molecule is Nc1nnc(S(=O)(=O)N2CCN(CC(F)(F)F)CC2)s1. The maximum absolute atomic E-state index is 12.2. The highest BCUT2D eigenvalue weighted by Crippen LogP contribution is 2.23. The molecule has 0 atom stereocenters. The molecule has 2 N–H and O–H groups in total. The summed E-state index contributed by atoms with van der Waals surface area (Å²) in [6.45, 7) is -1.03. The lowest BCUT2D eigenvalue weighted by Crippen LogP contribution is -2.50. The summed E-state index contributed by atoms with van der Waals surface area (Å²) < 4.78 is 61.8. The van der Waals surface area contributed by atoms with Gasteiger partial charge in [0, 0.05) is 26.2 Å². The Morgan fingerprint density at radius 1 is 1.20 bits per heavy atom. The molecule has 1 aliphatic heterocycles. The van der Waals surface area contributed by atoms with Crippen LogP contribution in [-0.2, 0) is 10.0 Å². The van der Waals surface area contributed by atoms with E-state index in [1.54, 1.807) is 0 Å². The molecule has 0 saturated carbocycles. The predicted molar refractivity (Wildman–Crippen MR) is 65.6 cm³/mol. The minimum atomic E-state index is -4.28. The quantitative estimate of drug-likeness (QED) is 0.837. The average Bonchev–Trinajstić information content (AvgIpc) is 2.75. The fraction of sp³-hybridized carbons (Fsp3) is 0.750. The first-order chi connectivity index (χ1) is 9.18. The Labute approximate surface area is 117 Å². The Bertz CT molecular complexity index is 565. The van der Waals surface area contributed by atoms with Crippen LogP contribution < -0.4 is 5.73 Å². The lowest BCUT2D eigenvalue weighted by Gasteiger charge is -2.33. The van der Waals surface area contributed by atoms with Crippen molar-refractivity contribution in [3.8, 4) is 0 Å². The summed E-state index contributed by atoms with van der Waals surface area (Å²) >= 11 is 0.731. The molecule has 2 rings (SSSR count). The van der Waals surface area contributed by atoms with Crippen LogP contribution in [0.25, 0.3) is 0 Å². The van der Waals surface area contributed by atoms with Crippen molar-refractivity contribution >= 4 is 26.5 Å². The highest BCUT2D eigenvalue weighted by Gasteiger charge is 2.35. The van der Waals surface area contributed by atoms with Gasteiger partial charge in [0.15, 0.2) is 0 Å². The standard InChI is InChI=1S/C8H12F3N5O2S2/c9-8(10,11)5-15-1-3-16(4-2-15)20(17,18)7-14-13-6(12)19-7/h1-5H2,(H2,12,13). The third kappa shape index (κ3) is 3.56. The van der Waals surface area contributed by atoms with Crippen molar-refractivity contribution in [3.63, 3.8) is 0 Å². The van der Waals surface area contributed by atoms with Crippen molar-refractivity contribution in [2.75, 3.05) is 38.5 Å². The molecule has 12 heteroatoms. The molecule has 114 valence electrons. The van der Waals surface area contributed by atoms with Crippen molar-refractivity contribution in [1.29, 1.82) is 0 Å². The van der Waals surface area contributed by atoms with E-state index < -0.39 is 22.7 Å². The van der Waals surface area contributed by atoms with E-state index in [1.165, 1.54) is 4.90 Å². The van der Waals surface area contributed by atoms with Gasteiger partial charge in [0.2, 0.25) is 9.47 Å². The Balaban J connectivity index is 2.00. The number of sulfonamides is 1. The number of hydrogen-bond acceptors (Lipinski definition) is 7. The first-order valence-electron chi connectivity index (χ1n) is 5.57. The zero-order chi connectivity index (χ0) is 15.0. The smallest absolute Gasteiger partial charge is 0.374 e. The second kappa shape index (κ2) is 5.42. The van der Waals surface area contributed by atoms with E-state index in [2.05, 4.69) is 10.2 Å². The number of aromatic nitrogens is 2. The van der Waals surface area contributed by atoms with Gasteiger partial charge >= 0.3 is 6.18 Å². The molecule has 0 bridgehead atoms. The molecule has 2 heterocycles. The van der Waals surface area contributed by atoms with Gasteiger partial charge in [-0.25, -0.2) is 8.42 Å². The second-order valence-electron chi connectivity index (χ2n) is 4.20. The predicted octanol–water partition coefficient (Wildman–Crippen LogP) is -0.0111. The molecular weight excluding hydrogens is 319 g/mol. The summed E-state index contributed by atoms with van der Waals surface area (Å²) in [7, 11) is -3.82. The Morgan fingerprint density at radius 2 is 1.80 bits per heavy atom. The average molecular weight is 331 g/mol. The van der Waals surface area contributed by atoms with Gasteiger partial charge in [-0.2, -0.15) is 17.5 Å². The maximum Gasteiger partial charge on any atom is 0.401 e. The van der Waals surface area contributed by atoms with Gasteiger partial charge in [-0.1, -0.05) is 11.3 Å². The van der Waals surface area contributed by atoms with Crippen LogP contribution in [0.4, 0.5) is 18.3 Å². The molecule has 1 saturated heterocycles. The first kappa shape index (κ1) is 15.4. The van der Waals surface area contributed by atoms with Gasteiger partial charge in [0.05, 0.1) is 6.54 Å². The first-order valence-corrected chi connectivity index (χ1v) is 7.82. The van der Waals surface area contributed by atoms with Gasteiger partial charge in [-0.05, 0) is 0 Å². The van der Waals surface area contributed by atoms with Crippen LogP contribution in [0.3, 0.4) is 0 Å². The monoisotopic (exact) mass is 331 g/mol. The summed E-state index contributed by atoms with van der Waals surface area (Å²) in [5.41, 5.74) is 5.32. The molecule has 20 heavy (non-hydrogen) atoms. The van der Waals surface area contributed by atoms with E-state index in [4.69, 9.17) is 5.73 Å². The Hall–Kier alpha value is -0.980. The van der Waals surface area contributed by atoms with Gasteiger partial charge in [-0.15, -0.1) is 10.2 Å². The number of piperazine rings is 1. The van der Waals surface area contributed by atoms with Crippen LogP contribution in [0.15, 0.2) is 4.34 Å². The number of nitrogens with two attached hydrogens (primary N) is 1. The van der Waals surface area contributed by atoms with Crippen molar-refractivity contribution in [1.82, 2.24) is 19.4 Å². The van der Waals surface area contributed by atoms with E-state index in [-0.39, 0.29) is 35.7 Å². The van der Waals surface area contributed by atoms with Crippen molar-refractivity contribution in [2.45, 2.75) is 10.5 Å². The lowest BCUT2D eigenvalue weighted by atomic mass is 10.3. The van der Waals surface area contributed by atoms with Crippen LogP contribution in [0, 0.1) is 0 Å². The van der Waals surface area contributed by atoms with Crippen LogP contribution >= 0.6 is 11.3 Å². The molecule has 0 amide bonds. The molecule has 0 spiro atoms. The van der Waals surface area contributed by atoms with E-state index in [0.29, 0.717) is 0 Å². The fourth-order valence-corrected chi connectivity index (χ4v) is 4.16. The van der Waals surface area contributed by atoms with Crippen molar-refractivity contribution in [3.05, 3.63) is 0 Å². The molecule has 1 fully saturated rings. The Kier molecular flexibility index (Phi) is 4.18. The van der Waals surface area contributed by atoms with E-state index in [9.17, 15) is 21.6 Å². The highest BCUT2D eigenvalue weighted by molar-refractivity contribution is 7.91. The van der Waals surface area contributed by atoms with Crippen molar-refractivity contribution < 1.29 is 21.6 Å². The third-order valence-corrected chi connectivity index (χ3v) is 5.71. The number of rotatable bonds is 3. The maximum atomic E-state index is 12.2. The Morgan fingerprint density at radius 3 is 2.25 bits per heavy atom. The normalized spacial score (nSPS) is 19.4. The largest absolute Gasteiger partial charge is 0.401 e. The number of hydrogen-bond donors (Lipinski definition) is 1. The van der Waals surface area contributed by atoms with Gasteiger partial charge < -0.3 is 5.73 Å². The number of alkyl halides is 3. The van der Waals surface area contributed by atoms with Crippen LogP contribution in [0.5, 0.6) is 0 Å². The van der Waals surface area contributed by atoms with Crippen LogP contribution in [-0.4, -0.2) is 66.7 Å². The number of anilines is 1. The molecule has 1 aromatic rings. The summed E-state index contributed by atoms with van der Waals surface area (Å²) in [6.07, 6.45) is -4.28. The van der Waals surface area contributed by atoms with Gasteiger partial charge in [0.25, 0.3) is 10.0 Å². The third-order valence-electron chi connectivity index (χ3n) is 2.72. The van der Waals surface area contributed by atoms with E-state index in [1.807, 2.05) is 0 Å².